The Labute approximate surface area is 61.8 Å². The molecule has 0 unspecified atom stereocenters. The van der Waals surface area contributed by atoms with Crippen molar-refractivity contribution in [1.29, 1.82) is 0 Å². The molecule has 0 aromatic carbocycles. The average Bonchev–Trinajstić information content (AvgIpc) is 2.32. The summed E-state index contributed by atoms with van der Waals surface area (Å²) < 4.78 is 35.5. The van der Waals surface area contributed by atoms with E-state index in [-0.39, 0.29) is 0 Å². The van der Waals surface area contributed by atoms with Gasteiger partial charge in [-0.25, -0.2) is 0 Å². The molecule has 11 heavy (non-hydrogen) atoms. The molecular formula is C6H6F3N2. The van der Waals surface area contributed by atoms with E-state index in [0.29, 0.717) is 12.1 Å². The predicted octanol–water partition coefficient (Wildman–Crippen LogP) is 1.82. The molecule has 0 aromatic rings. The maximum atomic E-state index is 11.8. The maximum absolute atomic E-state index is 11.8. The van der Waals surface area contributed by atoms with Gasteiger partial charge in [0.2, 0.25) is 0 Å². The summed E-state index contributed by atoms with van der Waals surface area (Å²) in [5.41, 5.74) is 2.80. The Balaban J connectivity index is 2.72. The molecule has 0 saturated heterocycles. The maximum Gasteiger partial charge on any atom is 0.435 e. The first kappa shape index (κ1) is 8.10. The van der Waals surface area contributed by atoms with Crippen molar-refractivity contribution < 1.29 is 13.2 Å². The molecule has 0 amide bonds. The highest BCUT2D eigenvalue weighted by Crippen LogP contribution is 2.22. The predicted molar refractivity (Wildman–Crippen MR) is 34.0 cm³/mol. The van der Waals surface area contributed by atoms with Gasteiger partial charge in [0.1, 0.15) is 0 Å². The molecule has 0 atom stereocenters. The third-order valence-electron chi connectivity index (χ3n) is 1.24. The molecule has 0 bridgehead atoms. The smallest absolute Gasteiger partial charge is 0.164 e. The molecule has 0 spiro atoms. The second-order valence-electron chi connectivity index (χ2n) is 2.07. The van der Waals surface area contributed by atoms with Gasteiger partial charge in [-0.15, -0.1) is 5.10 Å². The number of nitrogens with zero attached hydrogens (tertiary/aromatic N) is 2. The summed E-state index contributed by atoms with van der Waals surface area (Å²) >= 11 is 0. The number of hydrogen-bond donors (Lipinski definition) is 0. The van der Waals surface area contributed by atoms with Crippen LogP contribution in [0.2, 0.25) is 0 Å². The molecule has 1 radical (unpaired) electrons. The van der Waals surface area contributed by atoms with Gasteiger partial charge in [-0.05, 0) is 12.5 Å². The van der Waals surface area contributed by atoms with Gasteiger partial charge in [0.05, 0.1) is 5.70 Å². The van der Waals surface area contributed by atoms with E-state index in [9.17, 15) is 13.2 Å². The number of hydrogen-bond acceptors (Lipinski definition) is 1. The van der Waals surface area contributed by atoms with Gasteiger partial charge in [-0.1, -0.05) is 6.92 Å². The van der Waals surface area contributed by atoms with E-state index < -0.39 is 11.9 Å². The fraction of sp³-hybridized carbons (Fsp3) is 0.500. The normalized spacial score (nSPS) is 17.5. The molecule has 0 N–H and O–H groups in total. The molecule has 5 heteroatoms. The van der Waals surface area contributed by atoms with Crippen molar-refractivity contribution in [2.45, 2.75) is 19.5 Å². The molecule has 1 rings (SSSR count). The summed E-state index contributed by atoms with van der Waals surface area (Å²) in [6, 6.07) is 0. The number of halogens is 3. The van der Waals surface area contributed by atoms with E-state index >= 15 is 0 Å². The summed E-state index contributed by atoms with van der Waals surface area (Å²) in [6.45, 7) is 1.73. The molecule has 1 aliphatic rings. The SMILES string of the molecule is CCC1=CC(C(F)(F)F)=N[N]1. The fourth-order valence-electron chi connectivity index (χ4n) is 0.645. The van der Waals surface area contributed by atoms with Crippen LogP contribution < -0.4 is 5.43 Å². The summed E-state index contributed by atoms with van der Waals surface area (Å²) in [5.74, 6) is 0. The van der Waals surface area contributed by atoms with Crippen LogP contribution in [0.25, 0.3) is 0 Å². The van der Waals surface area contributed by atoms with Gasteiger partial charge < -0.3 is 0 Å². The monoisotopic (exact) mass is 163 g/mol. The van der Waals surface area contributed by atoms with E-state index in [4.69, 9.17) is 0 Å². The first-order chi connectivity index (χ1) is 5.04. The van der Waals surface area contributed by atoms with E-state index in [2.05, 4.69) is 10.5 Å². The third kappa shape index (κ3) is 1.72. The zero-order valence-electron chi connectivity index (χ0n) is 5.81. The van der Waals surface area contributed by atoms with Gasteiger partial charge in [0.15, 0.2) is 5.71 Å². The summed E-state index contributed by atoms with van der Waals surface area (Å²) in [5, 5.41) is 2.98. The fourth-order valence-corrected chi connectivity index (χ4v) is 0.645. The van der Waals surface area contributed by atoms with Crippen LogP contribution >= 0.6 is 0 Å². The van der Waals surface area contributed by atoms with Crippen LogP contribution in [-0.2, 0) is 0 Å². The molecule has 61 valence electrons. The lowest BCUT2D eigenvalue weighted by molar-refractivity contribution is -0.0577. The lowest BCUT2D eigenvalue weighted by atomic mass is 10.3. The Hall–Kier alpha value is -1.00. The molecule has 0 aliphatic carbocycles. The topological polar surface area (TPSA) is 26.5 Å². The Morgan fingerprint density at radius 1 is 1.45 bits per heavy atom. The molecule has 1 heterocycles. The van der Waals surface area contributed by atoms with Crippen molar-refractivity contribution in [3.8, 4) is 0 Å². The van der Waals surface area contributed by atoms with Gasteiger partial charge in [0, 0.05) is 0 Å². The summed E-state index contributed by atoms with van der Waals surface area (Å²) in [7, 11) is 0. The summed E-state index contributed by atoms with van der Waals surface area (Å²) in [6.07, 6.45) is -2.93. The third-order valence-corrected chi connectivity index (χ3v) is 1.24. The Morgan fingerprint density at radius 3 is 2.36 bits per heavy atom. The lowest BCUT2D eigenvalue weighted by Gasteiger charge is -1.99. The molecular weight excluding hydrogens is 157 g/mol. The van der Waals surface area contributed by atoms with Crippen LogP contribution in [0.15, 0.2) is 16.9 Å². The minimum Gasteiger partial charge on any atom is -0.164 e. The van der Waals surface area contributed by atoms with Gasteiger partial charge >= 0.3 is 6.18 Å². The molecule has 1 aliphatic heterocycles. The second-order valence-corrected chi connectivity index (χ2v) is 2.07. The van der Waals surface area contributed by atoms with Crippen LogP contribution in [0.3, 0.4) is 0 Å². The first-order valence-corrected chi connectivity index (χ1v) is 3.10. The van der Waals surface area contributed by atoms with Crippen molar-refractivity contribution in [2.75, 3.05) is 0 Å². The molecule has 0 fully saturated rings. The average molecular weight is 163 g/mol. The Bertz CT molecular complexity index is 214. The molecule has 0 aromatic heterocycles. The van der Waals surface area contributed by atoms with Crippen molar-refractivity contribution in [2.24, 2.45) is 5.10 Å². The number of rotatable bonds is 1. The Morgan fingerprint density at radius 2 is 2.09 bits per heavy atom. The largest absolute Gasteiger partial charge is 0.435 e. The summed E-state index contributed by atoms with van der Waals surface area (Å²) in [4.78, 5) is 0. The van der Waals surface area contributed by atoms with E-state index in [1.165, 1.54) is 0 Å². The van der Waals surface area contributed by atoms with Crippen LogP contribution in [0, 0.1) is 0 Å². The quantitative estimate of drug-likeness (QED) is 0.563. The zero-order valence-corrected chi connectivity index (χ0v) is 5.81. The van der Waals surface area contributed by atoms with Crippen molar-refractivity contribution in [3.05, 3.63) is 11.8 Å². The zero-order chi connectivity index (χ0) is 8.48. The molecule has 0 saturated carbocycles. The van der Waals surface area contributed by atoms with Crippen LogP contribution in [-0.4, -0.2) is 11.9 Å². The highest BCUT2D eigenvalue weighted by Gasteiger charge is 2.36. The van der Waals surface area contributed by atoms with Gasteiger partial charge in [0.25, 0.3) is 0 Å². The van der Waals surface area contributed by atoms with Crippen LogP contribution in [0.5, 0.6) is 0 Å². The number of allylic oxidation sites excluding steroid dienone is 2. The standard InChI is InChI=1S/C6H6F3N2/c1-2-4-3-5(11-10-4)6(7,8)9/h3H,2H2,1H3. The Kier molecular flexibility index (Phi) is 1.89. The highest BCUT2D eigenvalue weighted by atomic mass is 19.4. The van der Waals surface area contributed by atoms with E-state index in [1.54, 1.807) is 6.92 Å². The number of alkyl halides is 3. The highest BCUT2D eigenvalue weighted by molar-refractivity contribution is 6.01. The van der Waals surface area contributed by atoms with Crippen molar-refractivity contribution in [3.63, 3.8) is 0 Å². The van der Waals surface area contributed by atoms with Crippen molar-refractivity contribution in [1.82, 2.24) is 5.43 Å². The lowest BCUT2D eigenvalue weighted by Crippen LogP contribution is -2.19. The first-order valence-electron chi connectivity index (χ1n) is 3.10. The minimum atomic E-state index is -4.36. The van der Waals surface area contributed by atoms with E-state index in [1.807, 2.05) is 0 Å². The van der Waals surface area contributed by atoms with Gasteiger partial charge in [-0.3, -0.25) is 0 Å². The molecule has 2 nitrogen and oxygen atoms in total. The van der Waals surface area contributed by atoms with Gasteiger partial charge in [-0.2, -0.15) is 18.6 Å². The second kappa shape index (κ2) is 2.56. The van der Waals surface area contributed by atoms with E-state index in [0.717, 1.165) is 6.08 Å². The van der Waals surface area contributed by atoms with Crippen LogP contribution in [0.1, 0.15) is 13.3 Å². The minimum absolute atomic E-state index is 0.373. The van der Waals surface area contributed by atoms with Crippen molar-refractivity contribution >= 4 is 5.71 Å². The van der Waals surface area contributed by atoms with Crippen LogP contribution in [0.4, 0.5) is 13.2 Å².